The molecular weight excluding hydrogens is 374 g/mol. The van der Waals surface area contributed by atoms with Crippen LogP contribution >= 0.6 is 15.9 Å². The van der Waals surface area contributed by atoms with Crippen molar-refractivity contribution in [2.24, 2.45) is 5.92 Å². The summed E-state index contributed by atoms with van der Waals surface area (Å²) in [4.78, 5) is 23.3. The fourth-order valence-corrected chi connectivity index (χ4v) is 3.34. The summed E-state index contributed by atoms with van der Waals surface area (Å²) in [5, 5.41) is 16.2. The number of carboxylic acid groups (broad SMARTS) is 1. The van der Waals surface area contributed by atoms with Gasteiger partial charge in [-0.25, -0.2) is 4.68 Å². The zero-order valence-electron chi connectivity index (χ0n) is 13.0. The molecule has 1 aliphatic carbocycles. The second-order valence-electron chi connectivity index (χ2n) is 6.01. The number of aliphatic carboxylic acids is 1. The van der Waals surface area contributed by atoms with Crippen molar-refractivity contribution < 1.29 is 14.7 Å². The van der Waals surface area contributed by atoms with Gasteiger partial charge in [-0.3, -0.25) is 9.59 Å². The van der Waals surface area contributed by atoms with Crippen LogP contribution in [0.3, 0.4) is 0 Å². The molecule has 1 amide bonds. The maximum atomic E-state index is 12.3. The minimum absolute atomic E-state index is 0.0299. The van der Waals surface area contributed by atoms with E-state index < -0.39 is 5.97 Å². The number of carbonyl (C=O) groups excluding carboxylic acids is 1. The van der Waals surface area contributed by atoms with Crippen molar-refractivity contribution in [1.82, 2.24) is 15.1 Å². The SMILES string of the molecule is O=C(NC1CCC(C(=O)O)CC1)c1cnn(-c2cccc(Br)c2)c1. The summed E-state index contributed by atoms with van der Waals surface area (Å²) in [5.74, 6) is -1.19. The maximum Gasteiger partial charge on any atom is 0.306 e. The summed E-state index contributed by atoms with van der Waals surface area (Å²) >= 11 is 3.41. The van der Waals surface area contributed by atoms with Crippen molar-refractivity contribution in [2.45, 2.75) is 31.7 Å². The molecule has 24 heavy (non-hydrogen) atoms. The molecule has 1 aromatic heterocycles. The van der Waals surface area contributed by atoms with Gasteiger partial charge in [0.05, 0.1) is 23.4 Å². The Morgan fingerprint density at radius 3 is 2.67 bits per heavy atom. The molecule has 0 spiro atoms. The van der Waals surface area contributed by atoms with Gasteiger partial charge in [0.25, 0.3) is 5.91 Å². The van der Waals surface area contributed by atoms with Crippen LogP contribution in [0.4, 0.5) is 0 Å². The number of nitrogens with one attached hydrogen (secondary N) is 1. The lowest BCUT2D eigenvalue weighted by Gasteiger charge is -2.26. The largest absolute Gasteiger partial charge is 0.481 e. The van der Waals surface area contributed by atoms with E-state index in [1.54, 1.807) is 17.1 Å². The summed E-state index contributed by atoms with van der Waals surface area (Å²) < 4.78 is 2.60. The molecule has 3 rings (SSSR count). The summed E-state index contributed by atoms with van der Waals surface area (Å²) in [6, 6.07) is 7.69. The Bertz CT molecular complexity index is 751. The number of benzene rings is 1. The quantitative estimate of drug-likeness (QED) is 0.838. The van der Waals surface area contributed by atoms with Crippen LogP contribution in [0.15, 0.2) is 41.1 Å². The lowest BCUT2D eigenvalue weighted by atomic mass is 9.86. The van der Waals surface area contributed by atoms with Crippen LogP contribution in [0, 0.1) is 5.92 Å². The molecule has 0 aliphatic heterocycles. The van der Waals surface area contributed by atoms with E-state index in [9.17, 15) is 9.59 Å². The molecule has 0 unspecified atom stereocenters. The summed E-state index contributed by atoms with van der Waals surface area (Å²) in [6.45, 7) is 0. The van der Waals surface area contributed by atoms with E-state index in [2.05, 4.69) is 26.3 Å². The summed E-state index contributed by atoms with van der Waals surface area (Å²) in [6.07, 6.45) is 5.85. The van der Waals surface area contributed by atoms with Crippen molar-refractivity contribution in [3.8, 4) is 5.69 Å². The average molecular weight is 392 g/mol. The second kappa shape index (κ2) is 7.17. The number of rotatable bonds is 4. The Labute approximate surface area is 148 Å². The van der Waals surface area contributed by atoms with Gasteiger partial charge < -0.3 is 10.4 Å². The highest BCUT2D eigenvalue weighted by atomic mass is 79.9. The molecule has 0 bridgehead atoms. The van der Waals surface area contributed by atoms with E-state index in [4.69, 9.17) is 5.11 Å². The number of aromatic nitrogens is 2. The molecule has 1 aliphatic rings. The highest BCUT2D eigenvalue weighted by molar-refractivity contribution is 9.10. The van der Waals surface area contributed by atoms with E-state index in [-0.39, 0.29) is 17.9 Å². The molecule has 6 nitrogen and oxygen atoms in total. The molecule has 1 saturated carbocycles. The molecule has 2 aromatic rings. The van der Waals surface area contributed by atoms with Crippen molar-refractivity contribution in [2.75, 3.05) is 0 Å². The number of hydrogen-bond acceptors (Lipinski definition) is 3. The Kier molecular flexibility index (Phi) is 4.99. The highest BCUT2D eigenvalue weighted by Crippen LogP contribution is 2.24. The third kappa shape index (κ3) is 3.84. The standard InChI is InChI=1S/C17H18BrN3O3/c18-13-2-1-3-15(8-13)21-10-12(9-19-21)16(22)20-14-6-4-11(5-7-14)17(23)24/h1-3,8-11,14H,4-7H2,(H,20,22)(H,23,24). The fraction of sp³-hybridized carbons (Fsp3) is 0.353. The number of halogens is 1. The number of hydrogen-bond donors (Lipinski definition) is 2. The van der Waals surface area contributed by atoms with Gasteiger partial charge in [-0.15, -0.1) is 0 Å². The monoisotopic (exact) mass is 391 g/mol. The van der Waals surface area contributed by atoms with Crippen LogP contribution in [-0.2, 0) is 4.79 Å². The molecule has 1 heterocycles. The molecule has 7 heteroatoms. The first-order chi connectivity index (χ1) is 11.5. The number of carbonyl (C=O) groups is 2. The van der Waals surface area contributed by atoms with Crippen LogP contribution in [0.2, 0.25) is 0 Å². The maximum absolute atomic E-state index is 12.3. The second-order valence-corrected chi connectivity index (χ2v) is 6.93. The fourth-order valence-electron chi connectivity index (χ4n) is 2.95. The van der Waals surface area contributed by atoms with E-state index in [1.165, 1.54) is 0 Å². The first kappa shape index (κ1) is 16.7. The van der Waals surface area contributed by atoms with Crippen molar-refractivity contribution in [1.29, 1.82) is 0 Å². The minimum atomic E-state index is -0.741. The van der Waals surface area contributed by atoms with Crippen LogP contribution in [-0.4, -0.2) is 32.8 Å². The molecule has 1 fully saturated rings. The molecule has 0 radical (unpaired) electrons. The van der Waals surface area contributed by atoms with E-state index in [0.717, 1.165) is 10.2 Å². The van der Waals surface area contributed by atoms with Gasteiger partial charge in [0.15, 0.2) is 0 Å². The van der Waals surface area contributed by atoms with Gasteiger partial charge in [-0.2, -0.15) is 5.10 Å². The lowest BCUT2D eigenvalue weighted by Crippen LogP contribution is -2.38. The Balaban J connectivity index is 1.61. The van der Waals surface area contributed by atoms with E-state index in [1.807, 2.05) is 24.3 Å². The van der Waals surface area contributed by atoms with Crippen LogP contribution in [0.5, 0.6) is 0 Å². The van der Waals surface area contributed by atoms with Crippen LogP contribution in [0.1, 0.15) is 36.0 Å². The normalized spacial score (nSPS) is 20.5. The van der Waals surface area contributed by atoms with Gasteiger partial charge in [0.1, 0.15) is 0 Å². The molecule has 0 atom stereocenters. The number of carboxylic acids is 1. The third-order valence-corrected chi connectivity index (χ3v) is 4.82. The zero-order valence-corrected chi connectivity index (χ0v) is 14.6. The molecule has 2 N–H and O–H groups in total. The Hall–Kier alpha value is -2.15. The highest BCUT2D eigenvalue weighted by Gasteiger charge is 2.27. The Morgan fingerprint density at radius 2 is 2.00 bits per heavy atom. The molecule has 126 valence electrons. The van der Waals surface area contributed by atoms with Crippen molar-refractivity contribution in [3.05, 3.63) is 46.7 Å². The van der Waals surface area contributed by atoms with Gasteiger partial charge in [-0.05, 0) is 43.9 Å². The van der Waals surface area contributed by atoms with Crippen LogP contribution in [0.25, 0.3) is 5.69 Å². The van der Waals surface area contributed by atoms with Crippen molar-refractivity contribution >= 4 is 27.8 Å². The smallest absolute Gasteiger partial charge is 0.306 e. The first-order valence-corrected chi connectivity index (χ1v) is 8.66. The van der Waals surface area contributed by atoms with Crippen molar-refractivity contribution in [3.63, 3.8) is 0 Å². The van der Waals surface area contributed by atoms with Gasteiger partial charge in [0, 0.05) is 16.7 Å². The zero-order chi connectivity index (χ0) is 17.1. The molecule has 1 aromatic carbocycles. The lowest BCUT2D eigenvalue weighted by molar-refractivity contribution is -0.142. The predicted molar refractivity (Wildman–Crippen MR) is 92.1 cm³/mol. The van der Waals surface area contributed by atoms with Crippen LogP contribution < -0.4 is 5.32 Å². The molecular formula is C17H18BrN3O3. The van der Waals surface area contributed by atoms with E-state index >= 15 is 0 Å². The topological polar surface area (TPSA) is 84.2 Å². The van der Waals surface area contributed by atoms with Gasteiger partial charge in [0.2, 0.25) is 0 Å². The average Bonchev–Trinajstić information content (AvgIpc) is 3.05. The first-order valence-electron chi connectivity index (χ1n) is 7.87. The Morgan fingerprint density at radius 1 is 1.25 bits per heavy atom. The van der Waals surface area contributed by atoms with Gasteiger partial charge in [-0.1, -0.05) is 22.0 Å². The van der Waals surface area contributed by atoms with E-state index in [0.29, 0.717) is 31.2 Å². The predicted octanol–water partition coefficient (Wildman–Crippen LogP) is 3.01. The third-order valence-electron chi connectivity index (χ3n) is 4.33. The number of nitrogens with zero attached hydrogens (tertiary/aromatic N) is 2. The van der Waals surface area contributed by atoms with Gasteiger partial charge >= 0.3 is 5.97 Å². The number of amides is 1. The summed E-state index contributed by atoms with van der Waals surface area (Å²) in [5.41, 5.74) is 1.36. The molecule has 0 saturated heterocycles. The summed E-state index contributed by atoms with van der Waals surface area (Å²) in [7, 11) is 0. The minimum Gasteiger partial charge on any atom is -0.481 e.